The number of amides is 1. The zero-order chi connectivity index (χ0) is 12.8. The summed E-state index contributed by atoms with van der Waals surface area (Å²) in [6, 6.07) is 5.37. The van der Waals surface area contributed by atoms with E-state index in [0.717, 1.165) is 11.0 Å². The maximum atomic E-state index is 11.9. The SMILES string of the molecule is CCNCC(C)C(=O)Nc1cc(Br)ccc1Cl. The van der Waals surface area contributed by atoms with Crippen molar-refractivity contribution in [3.05, 3.63) is 27.7 Å². The molecule has 94 valence electrons. The Bertz CT molecular complexity index is 398. The first kappa shape index (κ1) is 14.5. The van der Waals surface area contributed by atoms with Crippen LogP contribution in [0.3, 0.4) is 0 Å². The number of hydrogen-bond donors (Lipinski definition) is 2. The van der Waals surface area contributed by atoms with Gasteiger partial charge in [-0.1, -0.05) is 41.4 Å². The summed E-state index contributed by atoms with van der Waals surface area (Å²) in [7, 11) is 0. The lowest BCUT2D eigenvalue weighted by molar-refractivity contribution is -0.119. The molecule has 1 rings (SSSR count). The molecule has 0 aromatic heterocycles. The van der Waals surface area contributed by atoms with E-state index < -0.39 is 0 Å². The second kappa shape index (κ2) is 6.99. The van der Waals surface area contributed by atoms with Crippen LogP contribution in [0.5, 0.6) is 0 Å². The molecule has 2 N–H and O–H groups in total. The highest BCUT2D eigenvalue weighted by Crippen LogP contribution is 2.25. The van der Waals surface area contributed by atoms with Gasteiger partial charge >= 0.3 is 0 Å². The molecule has 1 atom stereocenters. The molecule has 0 heterocycles. The van der Waals surface area contributed by atoms with Crippen LogP contribution in [0.25, 0.3) is 0 Å². The average molecular weight is 320 g/mol. The van der Waals surface area contributed by atoms with Gasteiger partial charge in [0.15, 0.2) is 0 Å². The number of carbonyl (C=O) groups excluding carboxylic acids is 1. The molecule has 1 aromatic rings. The summed E-state index contributed by atoms with van der Waals surface area (Å²) < 4.78 is 0.886. The number of nitrogens with one attached hydrogen (secondary N) is 2. The van der Waals surface area contributed by atoms with E-state index in [9.17, 15) is 4.79 Å². The molecule has 1 aromatic carbocycles. The summed E-state index contributed by atoms with van der Waals surface area (Å²) in [6.07, 6.45) is 0. The first-order valence-electron chi connectivity index (χ1n) is 5.51. The highest BCUT2D eigenvalue weighted by Gasteiger charge is 2.13. The molecule has 0 fully saturated rings. The fourth-order valence-electron chi connectivity index (χ4n) is 1.30. The van der Waals surface area contributed by atoms with Crippen LogP contribution in [-0.4, -0.2) is 19.0 Å². The smallest absolute Gasteiger partial charge is 0.228 e. The Hall–Kier alpha value is -0.580. The van der Waals surface area contributed by atoms with Crippen molar-refractivity contribution >= 4 is 39.1 Å². The highest BCUT2D eigenvalue weighted by atomic mass is 79.9. The summed E-state index contributed by atoms with van der Waals surface area (Å²) in [4.78, 5) is 11.9. The Balaban J connectivity index is 2.64. The zero-order valence-electron chi connectivity index (χ0n) is 9.89. The van der Waals surface area contributed by atoms with Gasteiger partial charge in [-0.25, -0.2) is 0 Å². The third-order valence-corrected chi connectivity index (χ3v) is 3.16. The van der Waals surface area contributed by atoms with Crippen molar-refractivity contribution < 1.29 is 4.79 Å². The van der Waals surface area contributed by atoms with Crippen molar-refractivity contribution in [2.45, 2.75) is 13.8 Å². The predicted octanol–water partition coefficient (Wildman–Crippen LogP) is 3.29. The molecule has 0 aliphatic carbocycles. The van der Waals surface area contributed by atoms with Crippen LogP contribution in [0.4, 0.5) is 5.69 Å². The van der Waals surface area contributed by atoms with Crippen LogP contribution in [0, 0.1) is 5.92 Å². The Morgan fingerprint density at radius 3 is 2.88 bits per heavy atom. The molecular weight excluding hydrogens is 304 g/mol. The zero-order valence-corrected chi connectivity index (χ0v) is 12.2. The Labute approximate surface area is 115 Å². The maximum absolute atomic E-state index is 11.9. The molecule has 0 saturated carbocycles. The molecule has 0 bridgehead atoms. The minimum atomic E-state index is -0.0926. The number of carbonyl (C=O) groups is 1. The molecule has 0 aliphatic rings. The van der Waals surface area contributed by atoms with Crippen molar-refractivity contribution in [2.24, 2.45) is 5.92 Å². The first-order chi connectivity index (χ1) is 8.04. The van der Waals surface area contributed by atoms with E-state index in [-0.39, 0.29) is 11.8 Å². The molecule has 0 spiro atoms. The second-order valence-electron chi connectivity index (χ2n) is 3.82. The largest absolute Gasteiger partial charge is 0.324 e. The molecule has 1 amide bonds. The van der Waals surface area contributed by atoms with Gasteiger partial charge in [-0.3, -0.25) is 4.79 Å². The molecule has 5 heteroatoms. The molecular formula is C12H16BrClN2O. The van der Waals surface area contributed by atoms with E-state index in [1.807, 2.05) is 19.9 Å². The third-order valence-electron chi connectivity index (χ3n) is 2.33. The summed E-state index contributed by atoms with van der Waals surface area (Å²) in [6.45, 7) is 5.41. The molecule has 3 nitrogen and oxygen atoms in total. The van der Waals surface area contributed by atoms with E-state index in [1.165, 1.54) is 0 Å². The Morgan fingerprint density at radius 1 is 1.53 bits per heavy atom. The predicted molar refractivity (Wildman–Crippen MR) is 75.5 cm³/mol. The topological polar surface area (TPSA) is 41.1 Å². The minimum Gasteiger partial charge on any atom is -0.324 e. The van der Waals surface area contributed by atoms with Gasteiger partial charge in [0.05, 0.1) is 10.7 Å². The van der Waals surface area contributed by atoms with Gasteiger partial charge in [0.25, 0.3) is 0 Å². The lowest BCUT2D eigenvalue weighted by atomic mass is 10.1. The van der Waals surface area contributed by atoms with E-state index in [1.54, 1.807) is 12.1 Å². The van der Waals surface area contributed by atoms with Gasteiger partial charge in [-0.05, 0) is 24.7 Å². The summed E-state index contributed by atoms with van der Waals surface area (Å²) in [5.41, 5.74) is 0.634. The van der Waals surface area contributed by atoms with E-state index in [2.05, 4.69) is 26.6 Å². The highest BCUT2D eigenvalue weighted by molar-refractivity contribution is 9.10. The van der Waals surface area contributed by atoms with Crippen molar-refractivity contribution in [1.29, 1.82) is 0 Å². The second-order valence-corrected chi connectivity index (χ2v) is 5.15. The van der Waals surface area contributed by atoms with E-state index in [0.29, 0.717) is 17.3 Å². The first-order valence-corrected chi connectivity index (χ1v) is 6.68. The molecule has 1 unspecified atom stereocenters. The van der Waals surface area contributed by atoms with E-state index in [4.69, 9.17) is 11.6 Å². The Kier molecular flexibility index (Phi) is 5.95. The van der Waals surface area contributed by atoms with Gasteiger partial charge in [0.1, 0.15) is 0 Å². The maximum Gasteiger partial charge on any atom is 0.228 e. The number of anilines is 1. The van der Waals surface area contributed by atoms with Crippen molar-refractivity contribution in [1.82, 2.24) is 5.32 Å². The fourth-order valence-corrected chi connectivity index (χ4v) is 1.83. The summed E-state index contributed by atoms with van der Waals surface area (Å²) >= 11 is 9.34. The lowest BCUT2D eigenvalue weighted by Crippen LogP contribution is -2.30. The summed E-state index contributed by atoms with van der Waals surface area (Å²) in [5, 5.41) is 6.50. The van der Waals surface area contributed by atoms with Gasteiger partial charge in [0, 0.05) is 16.9 Å². The average Bonchev–Trinajstić information content (AvgIpc) is 2.30. The quantitative estimate of drug-likeness (QED) is 0.874. The third kappa shape index (κ3) is 4.66. The van der Waals surface area contributed by atoms with Gasteiger partial charge in [-0.15, -0.1) is 0 Å². The van der Waals surface area contributed by atoms with Crippen LogP contribution >= 0.6 is 27.5 Å². The van der Waals surface area contributed by atoms with E-state index >= 15 is 0 Å². The fraction of sp³-hybridized carbons (Fsp3) is 0.417. The summed E-state index contributed by atoms with van der Waals surface area (Å²) in [5.74, 6) is -0.129. The molecule has 0 radical (unpaired) electrons. The normalized spacial score (nSPS) is 12.2. The van der Waals surface area contributed by atoms with Crippen LogP contribution in [0.1, 0.15) is 13.8 Å². The van der Waals surface area contributed by atoms with Crippen LogP contribution < -0.4 is 10.6 Å². The van der Waals surface area contributed by atoms with Gasteiger partial charge in [0.2, 0.25) is 5.91 Å². The number of rotatable bonds is 5. The van der Waals surface area contributed by atoms with Crippen LogP contribution in [0.2, 0.25) is 5.02 Å². The van der Waals surface area contributed by atoms with Crippen molar-refractivity contribution in [3.8, 4) is 0 Å². The Morgan fingerprint density at radius 2 is 2.24 bits per heavy atom. The number of benzene rings is 1. The van der Waals surface area contributed by atoms with Crippen LogP contribution in [0.15, 0.2) is 22.7 Å². The van der Waals surface area contributed by atoms with Crippen molar-refractivity contribution in [2.75, 3.05) is 18.4 Å². The van der Waals surface area contributed by atoms with Gasteiger partial charge < -0.3 is 10.6 Å². The standard InChI is InChI=1S/C12H16BrClN2O/c1-3-15-7-8(2)12(17)16-11-6-9(13)4-5-10(11)14/h4-6,8,15H,3,7H2,1-2H3,(H,16,17). The molecule has 0 saturated heterocycles. The number of hydrogen-bond acceptors (Lipinski definition) is 2. The molecule has 17 heavy (non-hydrogen) atoms. The van der Waals surface area contributed by atoms with Crippen molar-refractivity contribution in [3.63, 3.8) is 0 Å². The molecule has 0 aliphatic heterocycles. The van der Waals surface area contributed by atoms with Crippen LogP contribution in [-0.2, 0) is 4.79 Å². The minimum absolute atomic E-state index is 0.0362. The number of halogens is 2. The lowest BCUT2D eigenvalue weighted by Gasteiger charge is -2.13. The van der Waals surface area contributed by atoms with Gasteiger partial charge in [-0.2, -0.15) is 0 Å². The monoisotopic (exact) mass is 318 g/mol.